The van der Waals surface area contributed by atoms with Crippen molar-refractivity contribution in [2.24, 2.45) is 4.99 Å². The quantitative estimate of drug-likeness (QED) is 0.831. The molecular formula is C11H14ClN3O5. The Morgan fingerprint density at radius 1 is 1.35 bits per heavy atom. The van der Waals surface area contributed by atoms with E-state index in [4.69, 9.17) is 11.6 Å². The van der Waals surface area contributed by atoms with E-state index >= 15 is 0 Å². The van der Waals surface area contributed by atoms with Gasteiger partial charge in [-0.2, -0.15) is 9.72 Å². The SMILES string of the molecule is CCOC(=O)/N=c1/cc(Cl)cc(NC(=O)OCC)n1O. The molecule has 0 atom stereocenters. The second-order valence-electron chi connectivity index (χ2n) is 3.38. The highest BCUT2D eigenvalue weighted by molar-refractivity contribution is 6.30. The molecule has 0 saturated carbocycles. The van der Waals surface area contributed by atoms with E-state index in [1.807, 2.05) is 0 Å². The molecule has 1 aromatic heterocycles. The van der Waals surface area contributed by atoms with E-state index in [1.54, 1.807) is 13.8 Å². The number of hydrogen-bond donors (Lipinski definition) is 2. The Hall–Kier alpha value is -2.22. The van der Waals surface area contributed by atoms with Crippen LogP contribution >= 0.6 is 11.6 Å². The molecule has 110 valence electrons. The molecule has 1 rings (SSSR count). The van der Waals surface area contributed by atoms with E-state index in [-0.39, 0.29) is 29.5 Å². The van der Waals surface area contributed by atoms with Crippen LogP contribution in [0.5, 0.6) is 0 Å². The Labute approximate surface area is 119 Å². The number of amides is 2. The van der Waals surface area contributed by atoms with Gasteiger partial charge in [-0.25, -0.2) is 9.59 Å². The molecular weight excluding hydrogens is 290 g/mol. The van der Waals surface area contributed by atoms with Gasteiger partial charge in [0.1, 0.15) is 0 Å². The second-order valence-corrected chi connectivity index (χ2v) is 3.82. The Morgan fingerprint density at radius 3 is 2.60 bits per heavy atom. The van der Waals surface area contributed by atoms with Gasteiger partial charge in [0.15, 0.2) is 11.3 Å². The largest absolute Gasteiger partial charge is 0.450 e. The average Bonchev–Trinajstić information content (AvgIpc) is 2.35. The van der Waals surface area contributed by atoms with Crippen molar-refractivity contribution in [1.29, 1.82) is 0 Å². The number of pyridine rings is 1. The standard InChI is InChI=1S/C11H14ClN3O5/c1-3-19-10(16)13-8-5-7(12)6-9(15(8)18)14-11(17)20-4-2/h5-6,18H,3-4H2,1-2H3,(H,13,16)/b14-9-. The lowest BCUT2D eigenvalue weighted by atomic mass is 10.4. The first-order valence-electron chi connectivity index (χ1n) is 5.75. The van der Waals surface area contributed by atoms with E-state index in [1.165, 1.54) is 12.1 Å². The first-order chi connectivity index (χ1) is 9.47. The van der Waals surface area contributed by atoms with Gasteiger partial charge in [-0.3, -0.25) is 5.32 Å². The molecule has 0 spiro atoms. The molecule has 0 bridgehead atoms. The van der Waals surface area contributed by atoms with Crippen molar-refractivity contribution in [3.63, 3.8) is 0 Å². The van der Waals surface area contributed by atoms with Gasteiger partial charge < -0.3 is 14.7 Å². The van der Waals surface area contributed by atoms with Crippen LogP contribution in [0.1, 0.15) is 13.8 Å². The van der Waals surface area contributed by atoms with Gasteiger partial charge >= 0.3 is 12.2 Å². The van der Waals surface area contributed by atoms with E-state index in [0.29, 0.717) is 4.73 Å². The lowest BCUT2D eigenvalue weighted by Gasteiger charge is -2.09. The summed E-state index contributed by atoms with van der Waals surface area (Å²) in [4.78, 5) is 26.0. The number of hydrogen-bond acceptors (Lipinski definition) is 5. The predicted molar refractivity (Wildman–Crippen MR) is 69.9 cm³/mol. The first kappa shape index (κ1) is 15.8. The van der Waals surface area contributed by atoms with Crippen molar-refractivity contribution in [3.8, 4) is 0 Å². The molecule has 0 aliphatic carbocycles. The summed E-state index contributed by atoms with van der Waals surface area (Å²) < 4.78 is 9.76. The highest BCUT2D eigenvalue weighted by Crippen LogP contribution is 2.12. The minimum Gasteiger partial charge on any atom is -0.450 e. The molecule has 0 fully saturated rings. The fourth-order valence-corrected chi connectivity index (χ4v) is 1.43. The van der Waals surface area contributed by atoms with Crippen molar-refractivity contribution in [3.05, 3.63) is 22.6 Å². The third kappa shape index (κ3) is 4.47. The van der Waals surface area contributed by atoms with E-state index in [0.717, 1.165) is 0 Å². The highest BCUT2D eigenvalue weighted by Gasteiger charge is 2.09. The van der Waals surface area contributed by atoms with Crippen LogP contribution in [0.4, 0.5) is 15.4 Å². The van der Waals surface area contributed by atoms with Crippen LogP contribution in [0.25, 0.3) is 0 Å². The van der Waals surface area contributed by atoms with Crippen molar-refractivity contribution < 1.29 is 24.3 Å². The Kier molecular flexibility index (Phi) is 5.85. The third-order valence-electron chi connectivity index (χ3n) is 1.97. The number of nitrogens with one attached hydrogen (secondary N) is 1. The zero-order valence-corrected chi connectivity index (χ0v) is 11.7. The van der Waals surface area contributed by atoms with Gasteiger partial charge in [-0.05, 0) is 13.8 Å². The average molecular weight is 304 g/mol. The summed E-state index contributed by atoms with van der Waals surface area (Å²) in [5.41, 5.74) is -0.192. The molecule has 9 heteroatoms. The molecule has 1 aromatic rings. The van der Waals surface area contributed by atoms with Gasteiger partial charge in [0, 0.05) is 17.2 Å². The molecule has 8 nitrogen and oxygen atoms in total. The summed E-state index contributed by atoms with van der Waals surface area (Å²) in [5.74, 6) is -0.0981. The van der Waals surface area contributed by atoms with Crippen LogP contribution in [0, 0.1) is 0 Å². The lowest BCUT2D eigenvalue weighted by molar-refractivity contribution is 0.153. The number of ether oxygens (including phenoxy) is 2. The molecule has 0 saturated heterocycles. The monoisotopic (exact) mass is 303 g/mol. The molecule has 1 heterocycles. The predicted octanol–water partition coefficient (Wildman–Crippen LogP) is 2.00. The van der Waals surface area contributed by atoms with Crippen LogP contribution < -0.4 is 10.8 Å². The number of carbonyl (C=O) groups excluding carboxylic acids is 2. The summed E-state index contributed by atoms with van der Waals surface area (Å²) in [6, 6.07) is 2.50. The fraction of sp³-hybridized carbons (Fsp3) is 0.364. The Morgan fingerprint density at radius 2 is 2.00 bits per heavy atom. The van der Waals surface area contributed by atoms with Crippen LogP contribution in [0.15, 0.2) is 17.1 Å². The first-order valence-corrected chi connectivity index (χ1v) is 6.12. The third-order valence-corrected chi connectivity index (χ3v) is 2.18. The molecule has 0 radical (unpaired) electrons. The van der Waals surface area contributed by atoms with Crippen LogP contribution in [-0.4, -0.2) is 35.3 Å². The molecule has 0 aliphatic heterocycles. The van der Waals surface area contributed by atoms with Crippen LogP contribution in [0.3, 0.4) is 0 Å². The molecule has 0 aromatic carbocycles. The minimum atomic E-state index is -0.889. The van der Waals surface area contributed by atoms with Crippen molar-refractivity contribution in [2.45, 2.75) is 13.8 Å². The number of carbonyl (C=O) groups is 2. The zero-order valence-electron chi connectivity index (χ0n) is 10.9. The number of nitrogens with zero attached hydrogens (tertiary/aromatic N) is 2. The van der Waals surface area contributed by atoms with Crippen molar-refractivity contribution in [2.75, 3.05) is 18.5 Å². The maximum atomic E-state index is 11.3. The highest BCUT2D eigenvalue weighted by atomic mass is 35.5. The Balaban J connectivity index is 3.13. The van der Waals surface area contributed by atoms with Crippen LogP contribution in [-0.2, 0) is 9.47 Å². The number of aromatic nitrogens is 1. The van der Waals surface area contributed by atoms with E-state index in [2.05, 4.69) is 19.8 Å². The lowest BCUT2D eigenvalue weighted by Crippen LogP contribution is -2.26. The molecule has 2 amide bonds. The topological polar surface area (TPSA) is 102 Å². The van der Waals surface area contributed by atoms with Crippen molar-refractivity contribution in [1.82, 2.24) is 4.73 Å². The van der Waals surface area contributed by atoms with Gasteiger partial charge in [-0.1, -0.05) is 11.6 Å². The summed E-state index contributed by atoms with van der Waals surface area (Å²) in [5, 5.41) is 12.2. The summed E-state index contributed by atoms with van der Waals surface area (Å²) in [6.07, 6.45) is -1.67. The maximum absolute atomic E-state index is 11.3. The van der Waals surface area contributed by atoms with Gasteiger partial charge in [-0.15, -0.1) is 0 Å². The van der Waals surface area contributed by atoms with Gasteiger partial charge in [0.25, 0.3) is 0 Å². The van der Waals surface area contributed by atoms with Crippen LogP contribution in [0.2, 0.25) is 5.02 Å². The molecule has 2 N–H and O–H groups in total. The Bertz CT molecular complexity index is 570. The van der Waals surface area contributed by atoms with Gasteiger partial charge in [0.05, 0.1) is 13.2 Å². The molecule has 0 unspecified atom stereocenters. The summed E-state index contributed by atoms with van der Waals surface area (Å²) >= 11 is 5.81. The normalized spacial score (nSPS) is 11.1. The zero-order chi connectivity index (χ0) is 15.1. The summed E-state index contributed by atoms with van der Waals surface area (Å²) in [7, 11) is 0. The maximum Gasteiger partial charge on any atom is 0.435 e. The number of halogens is 1. The van der Waals surface area contributed by atoms with Crippen molar-refractivity contribution >= 4 is 29.6 Å². The molecule has 20 heavy (non-hydrogen) atoms. The molecule has 0 aliphatic rings. The fourth-order valence-electron chi connectivity index (χ4n) is 1.23. The number of anilines is 1. The second kappa shape index (κ2) is 7.39. The minimum absolute atomic E-state index is 0.0981. The summed E-state index contributed by atoms with van der Waals surface area (Å²) in [6.45, 7) is 3.55. The van der Waals surface area contributed by atoms with E-state index in [9.17, 15) is 14.8 Å². The van der Waals surface area contributed by atoms with E-state index < -0.39 is 12.2 Å². The van der Waals surface area contributed by atoms with Gasteiger partial charge in [0.2, 0.25) is 0 Å². The smallest absolute Gasteiger partial charge is 0.435 e. The number of rotatable bonds is 3.